The quantitative estimate of drug-likeness (QED) is 0.660. The Morgan fingerprint density at radius 3 is 2.54 bits per heavy atom. The zero-order chi connectivity index (χ0) is 18.3. The van der Waals surface area contributed by atoms with Crippen LogP contribution in [0.1, 0.15) is 13.3 Å². The Kier molecular flexibility index (Phi) is 7.78. The van der Waals surface area contributed by atoms with Crippen molar-refractivity contribution in [2.75, 3.05) is 37.9 Å². The van der Waals surface area contributed by atoms with Gasteiger partial charge in [-0.1, -0.05) is 11.6 Å². The summed E-state index contributed by atoms with van der Waals surface area (Å²) in [7, 11) is -0.649. The predicted octanol–water partition coefficient (Wildman–Crippen LogP) is 1.66. The van der Waals surface area contributed by atoms with E-state index < -0.39 is 22.0 Å². The van der Waals surface area contributed by atoms with Crippen LogP contribution in [0.3, 0.4) is 0 Å². The number of carbonyl (C=O) groups is 1. The second-order valence-corrected chi connectivity index (χ2v) is 7.46. The molecule has 0 saturated heterocycles. The number of methoxy groups -OCH3 is 2. The Morgan fingerprint density at radius 2 is 2.04 bits per heavy atom. The number of rotatable bonds is 9. The Hall–Kier alpha value is -1.51. The average Bonchev–Trinajstić information content (AvgIpc) is 2.50. The lowest BCUT2D eigenvalue weighted by Gasteiger charge is -2.28. The molecule has 0 bridgehead atoms. The molecule has 0 radical (unpaired) electrons. The van der Waals surface area contributed by atoms with Gasteiger partial charge in [0.25, 0.3) is 0 Å². The molecule has 0 saturated carbocycles. The summed E-state index contributed by atoms with van der Waals surface area (Å²) in [6.07, 6.45) is 1.68. The normalized spacial score (nSPS) is 12.5. The first kappa shape index (κ1) is 20.5. The number of nitrogens with one attached hydrogen (secondary N) is 1. The molecule has 1 amide bonds. The second kappa shape index (κ2) is 9.10. The van der Waals surface area contributed by atoms with E-state index in [2.05, 4.69) is 5.32 Å². The summed E-state index contributed by atoms with van der Waals surface area (Å²) in [6, 6.07) is 3.63. The van der Waals surface area contributed by atoms with Crippen LogP contribution in [0.5, 0.6) is 5.75 Å². The van der Waals surface area contributed by atoms with Crippen LogP contribution in [0.4, 0.5) is 5.69 Å². The van der Waals surface area contributed by atoms with Crippen LogP contribution in [0.2, 0.25) is 5.02 Å². The summed E-state index contributed by atoms with van der Waals surface area (Å²) in [5, 5.41) is 2.95. The van der Waals surface area contributed by atoms with Crippen LogP contribution < -0.4 is 14.4 Å². The highest BCUT2D eigenvalue weighted by Crippen LogP contribution is 2.31. The number of amides is 1. The number of hydrogen-bond acceptors (Lipinski definition) is 5. The highest BCUT2D eigenvalue weighted by Gasteiger charge is 2.29. The molecule has 1 atom stereocenters. The molecule has 0 heterocycles. The molecule has 0 aromatic heterocycles. The summed E-state index contributed by atoms with van der Waals surface area (Å²) in [5.41, 5.74) is 0.294. The minimum absolute atomic E-state index is 0.261. The van der Waals surface area contributed by atoms with Gasteiger partial charge in [-0.2, -0.15) is 0 Å². The number of anilines is 1. The zero-order valence-corrected chi connectivity index (χ0v) is 15.8. The highest BCUT2D eigenvalue weighted by atomic mass is 35.5. The maximum atomic E-state index is 12.3. The van der Waals surface area contributed by atoms with E-state index in [1.54, 1.807) is 19.2 Å². The SMILES string of the molecule is COCCCNC(=O)[C@H](C)N(c1ccc(OC)c(Cl)c1)S(C)(=O)=O. The molecule has 0 fully saturated rings. The van der Waals surface area contributed by atoms with Crippen molar-refractivity contribution < 1.29 is 22.7 Å². The standard InChI is InChI=1S/C15H23ClN2O5S/c1-11(15(19)17-8-5-9-22-2)18(24(4,20)21)12-6-7-14(23-3)13(16)10-12/h6-7,10-11H,5,8-9H2,1-4H3,(H,17,19)/t11-/m0/s1. The lowest BCUT2D eigenvalue weighted by atomic mass is 10.2. The van der Waals surface area contributed by atoms with Crippen molar-refractivity contribution in [1.29, 1.82) is 0 Å². The minimum atomic E-state index is -3.69. The third-order valence-corrected chi connectivity index (χ3v) is 4.84. The minimum Gasteiger partial charge on any atom is -0.495 e. The summed E-state index contributed by atoms with van der Waals surface area (Å²) in [6.45, 7) is 2.43. The number of halogens is 1. The first-order chi connectivity index (χ1) is 11.2. The zero-order valence-electron chi connectivity index (χ0n) is 14.2. The van der Waals surface area contributed by atoms with Gasteiger partial charge >= 0.3 is 0 Å². The van der Waals surface area contributed by atoms with Crippen molar-refractivity contribution in [3.63, 3.8) is 0 Å². The summed E-state index contributed by atoms with van der Waals surface area (Å²) < 4.78 is 35.3. The Bertz CT molecular complexity index is 666. The Morgan fingerprint density at radius 1 is 1.38 bits per heavy atom. The fraction of sp³-hybridized carbons (Fsp3) is 0.533. The third kappa shape index (κ3) is 5.54. The smallest absolute Gasteiger partial charge is 0.243 e. The van der Waals surface area contributed by atoms with Gasteiger partial charge in [-0.15, -0.1) is 0 Å². The van der Waals surface area contributed by atoms with Crippen LogP contribution in [0, 0.1) is 0 Å². The number of ether oxygens (including phenoxy) is 2. The van der Waals surface area contributed by atoms with Gasteiger partial charge < -0.3 is 14.8 Å². The van der Waals surface area contributed by atoms with E-state index in [0.29, 0.717) is 31.0 Å². The van der Waals surface area contributed by atoms with Crippen LogP contribution in [-0.2, 0) is 19.6 Å². The molecular formula is C15H23ClN2O5S. The summed E-state index contributed by atoms with van der Waals surface area (Å²) in [5.74, 6) is 0.0222. The molecule has 0 unspecified atom stereocenters. The number of carbonyl (C=O) groups excluding carboxylic acids is 1. The fourth-order valence-electron chi connectivity index (χ4n) is 2.18. The average molecular weight is 379 g/mol. The molecule has 0 aliphatic rings. The summed E-state index contributed by atoms with van der Waals surface area (Å²) in [4.78, 5) is 12.3. The third-order valence-electron chi connectivity index (χ3n) is 3.30. The van der Waals surface area contributed by atoms with E-state index in [0.717, 1.165) is 10.6 Å². The maximum absolute atomic E-state index is 12.3. The first-order valence-corrected chi connectivity index (χ1v) is 9.54. The molecule has 9 heteroatoms. The van der Waals surface area contributed by atoms with Gasteiger partial charge in [-0.25, -0.2) is 8.42 Å². The molecular weight excluding hydrogens is 356 g/mol. The van der Waals surface area contributed by atoms with Crippen LogP contribution in [-0.4, -0.2) is 54.0 Å². The number of hydrogen-bond donors (Lipinski definition) is 1. The molecule has 1 rings (SSSR count). The molecule has 1 aromatic carbocycles. The van der Waals surface area contributed by atoms with Gasteiger partial charge in [-0.05, 0) is 31.5 Å². The van der Waals surface area contributed by atoms with Crippen molar-refractivity contribution in [3.05, 3.63) is 23.2 Å². The van der Waals surface area contributed by atoms with Gasteiger partial charge in [0.15, 0.2) is 0 Å². The van der Waals surface area contributed by atoms with E-state index in [-0.39, 0.29) is 5.02 Å². The molecule has 0 aliphatic carbocycles. The Balaban J connectivity index is 3.01. The number of nitrogens with zero attached hydrogens (tertiary/aromatic N) is 1. The van der Waals surface area contributed by atoms with Crippen LogP contribution >= 0.6 is 11.6 Å². The van der Waals surface area contributed by atoms with Gasteiger partial charge in [0.05, 0.1) is 24.1 Å². The maximum Gasteiger partial charge on any atom is 0.243 e. The van der Waals surface area contributed by atoms with E-state index in [1.807, 2.05) is 0 Å². The lowest BCUT2D eigenvalue weighted by Crippen LogP contribution is -2.48. The first-order valence-electron chi connectivity index (χ1n) is 7.32. The highest BCUT2D eigenvalue weighted by molar-refractivity contribution is 7.92. The molecule has 0 spiro atoms. The second-order valence-electron chi connectivity index (χ2n) is 5.19. The van der Waals surface area contributed by atoms with Crippen molar-refractivity contribution in [2.24, 2.45) is 0 Å². The van der Waals surface area contributed by atoms with E-state index >= 15 is 0 Å². The van der Waals surface area contributed by atoms with E-state index in [4.69, 9.17) is 21.1 Å². The van der Waals surface area contributed by atoms with Crippen molar-refractivity contribution >= 4 is 33.2 Å². The largest absolute Gasteiger partial charge is 0.495 e. The van der Waals surface area contributed by atoms with Gasteiger partial charge in [0, 0.05) is 20.3 Å². The number of benzene rings is 1. The topological polar surface area (TPSA) is 84.9 Å². The Labute approximate surface area is 147 Å². The van der Waals surface area contributed by atoms with Crippen LogP contribution in [0.15, 0.2) is 18.2 Å². The van der Waals surface area contributed by atoms with Gasteiger partial charge in [0.2, 0.25) is 15.9 Å². The van der Waals surface area contributed by atoms with Gasteiger partial charge in [0.1, 0.15) is 11.8 Å². The molecule has 24 heavy (non-hydrogen) atoms. The van der Waals surface area contributed by atoms with Crippen molar-refractivity contribution in [3.8, 4) is 5.75 Å². The molecule has 1 N–H and O–H groups in total. The molecule has 136 valence electrons. The molecule has 0 aliphatic heterocycles. The molecule has 7 nitrogen and oxygen atoms in total. The fourth-order valence-corrected chi connectivity index (χ4v) is 3.60. The van der Waals surface area contributed by atoms with Crippen molar-refractivity contribution in [2.45, 2.75) is 19.4 Å². The number of sulfonamides is 1. The van der Waals surface area contributed by atoms with E-state index in [1.165, 1.54) is 20.1 Å². The predicted molar refractivity (Wildman–Crippen MR) is 94.3 cm³/mol. The monoisotopic (exact) mass is 378 g/mol. The summed E-state index contributed by atoms with van der Waals surface area (Å²) >= 11 is 6.07. The van der Waals surface area contributed by atoms with E-state index in [9.17, 15) is 13.2 Å². The van der Waals surface area contributed by atoms with Gasteiger partial charge in [-0.3, -0.25) is 9.10 Å². The van der Waals surface area contributed by atoms with Crippen LogP contribution in [0.25, 0.3) is 0 Å². The lowest BCUT2D eigenvalue weighted by molar-refractivity contribution is -0.121. The van der Waals surface area contributed by atoms with Crippen molar-refractivity contribution in [1.82, 2.24) is 5.32 Å². The molecule has 1 aromatic rings.